The van der Waals surface area contributed by atoms with Gasteiger partial charge in [-0.2, -0.15) is 23.4 Å². The van der Waals surface area contributed by atoms with Crippen LogP contribution in [-0.4, -0.2) is 92.7 Å². The SMILES string of the molecule is CCN(CC)c1ccc(N=Nc2ncc(/C=C(\C(C)=O)C(=O)Nc3ccccc3)s2)c(Nc2nc(Nc3cc(N(CC)CC)ccc3N=Nc3nc(S(=O)(=O)O)c(/C=C(/C(C)=O)C(=O)Nc4ccccc4)s3)nc(SC3CCCCC3)n2)c1. The summed E-state index contributed by atoms with van der Waals surface area (Å²) in [5.41, 5.74) is 3.88. The molecule has 7 aromatic rings. The number of azo groups is 2. The fourth-order valence-corrected chi connectivity index (χ4v) is 12.2. The van der Waals surface area contributed by atoms with Crippen LogP contribution in [0, 0.1) is 0 Å². The predicted octanol–water partition coefficient (Wildman–Crippen LogP) is 13.7. The number of amides is 2. The molecule has 22 nitrogen and oxygen atoms in total. The van der Waals surface area contributed by atoms with E-state index in [0.29, 0.717) is 62.9 Å². The minimum Gasteiger partial charge on any atom is -0.372 e. The second kappa shape index (κ2) is 28.5. The Morgan fingerprint density at radius 1 is 0.639 bits per heavy atom. The van der Waals surface area contributed by atoms with Crippen LogP contribution in [0.5, 0.6) is 0 Å². The smallest absolute Gasteiger partial charge is 0.313 e. The van der Waals surface area contributed by atoms with Crippen LogP contribution in [0.3, 0.4) is 0 Å². The molecule has 5 N–H and O–H groups in total. The van der Waals surface area contributed by atoms with E-state index >= 15 is 0 Å². The molecule has 4 aromatic carbocycles. The monoisotopic (exact) mass is 1200 g/mol. The normalized spacial score (nSPS) is 13.3. The molecular formula is C57H61N15O7S4. The Labute approximate surface area is 493 Å². The number of benzene rings is 4. The molecule has 0 saturated heterocycles. The number of thioether (sulfide) groups is 1. The van der Waals surface area contributed by atoms with Crippen molar-refractivity contribution in [2.75, 3.05) is 57.2 Å². The van der Waals surface area contributed by atoms with E-state index in [1.807, 2.05) is 50.2 Å². The highest BCUT2D eigenvalue weighted by Crippen LogP contribution is 2.39. The summed E-state index contributed by atoms with van der Waals surface area (Å²) in [5.74, 6) is -2.09. The van der Waals surface area contributed by atoms with Crippen molar-refractivity contribution >= 4 is 148 Å². The number of para-hydroxylation sites is 2. The van der Waals surface area contributed by atoms with E-state index in [2.05, 4.69) is 75.3 Å². The van der Waals surface area contributed by atoms with Gasteiger partial charge in [0, 0.05) is 60.4 Å². The van der Waals surface area contributed by atoms with Gasteiger partial charge in [0.15, 0.2) is 16.7 Å². The molecule has 0 bridgehead atoms. The first-order chi connectivity index (χ1) is 40.0. The lowest BCUT2D eigenvalue weighted by molar-refractivity contribution is -0.120. The van der Waals surface area contributed by atoms with E-state index in [9.17, 15) is 32.1 Å². The summed E-state index contributed by atoms with van der Waals surface area (Å²) in [6.07, 6.45) is 9.35. The van der Waals surface area contributed by atoms with Crippen molar-refractivity contribution in [3.63, 3.8) is 0 Å². The molecule has 3 heterocycles. The zero-order valence-corrected chi connectivity index (χ0v) is 49.6. The average Bonchev–Trinajstić information content (AvgIpc) is 4.36. The summed E-state index contributed by atoms with van der Waals surface area (Å²) in [4.78, 5) is 79.7. The van der Waals surface area contributed by atoms with E-state index in [0.717, 1.165) is 80.9 Å². The van der Waals surface area contributed by atoms with Crippen LogP contribution in [0.4, 0.5) is 67.7 Å². The second-order valence-electron chi connectivity index (χ2n) is 18.6. The van der Waals surface area contributed by atoms with Gasteiger partial charge < -0.3 is 31.1 Å². The van der Waals surface area contributed by atoms with Gasteiger partial charge in [0.1, 0.15) is 11.4 Å². The van der Waals surface area contributed by atoms with Gasteiger partial charge in [-0.3, -0.25) is 23.7 Å². The fourth-order valence-electron chi connectivity index (χ4n) is 8.66. The van der Waals surface area contributed by atoms with Gasteiger partial charge in [-0.15, -0.1) is 20.5 Å². The lowest BCUT2D eigenvalue weighted by Crippen LogP contribution is -2.21. The molecule has 0 aliphatic heterocycles. The van der Waals surface area contributed by atoms with E-state index in [4.69, 9.17) is 15.0 Å². The lowest BCUT2D eigenvalue weighted by Gasteiger charge is -2.23. The zero-order valence-electron chi connectivity index (χ0n) is 46.4. The van der Waals surface area contributed by atoms with Gasteiger partial charge >= 0.3 is 10.1 Å². The number of carbonyl (C=O) groups is 4. The lowest BCUT2D eigenvalue weighted by atomic mass is 10.0. The van der Waals surface area contributed by atoms with Crippen LogP contribution in [0.15, 0.2) is 145 Å². The Morgan fingerprint density at radius 3 is 1.61 bits per heavy atom. The first kappa shape index (κ1) is 60.7. The third kappa shape index (κ3) is 16.6. The Hall–Kier alpha value is -8.43. The number of nitrogens with one attached hydrogen (secondary N) is 4. The van der Waals surface area contributed by atoms with E-state index < -0.39 is 38.5 Å². The molecule has 1 saturated carbocycles. The molecule has 0 unspecified atom stereocenters. The van der Waals surface area contributed by atoms with Crippen molar-refractivity contribution in [1.29, 1.82) is 0 Å². The molecule has 83 heavy (non-hydrogen) atoms. The largest absolute Gasteiger partial charge is 0.372 e. The van der Waals surface area contributed by atoms with Crippen molar-refractivity contribution in [3.8, 4) is 0 Å². The topological polar surface area (TPSA) is 291 Å². The van der Waals surface area contributed by atoms with E-state index in [-0.39, 0.29) is 49.1 Å². The molecule has 1 aliphatic carbocycles. The van der Waals surface area contributed by atoms with Crippen molar-refractivity contribution in [2.24, 2.45) is 20.5 Å². The third-order valence-corrected chi connectivity index (χ3v) is 16.7. The van der Waals surface area contributed by atoms with Gasteiger partial charge in [0.05, 0.1) is 32.3 Å². The highest BCUT2D eigenvalue weighted by atomic mass is 32.2. The van der Waals surface area contributed by atoms with Gasteiger partial charge in [-0.1, -0.05) is 90.1 Å². The quantitative estimate of drug-likeness (QED) is 0.0117. The van der Waals surface area contributed by atoms with Crippen molar-refractivity contribution in [1.82, 2.24) is 24.9 Å². The standard InChI is InChI=1S/C57H61N15O7S4/c1-7-71(8-2)39-26-28-45(67-69-55-58-34-42(81-55)32-43(35(5)73)50(75)59-37-20-14-11-15-21-37)47(30-39)61-53-64-54(66-56(65-53)80-41-24-18-13-19-25-41)62-48-31-40(72(9-3)10-4)27-29-46(48)68-70-57-63-52(83(77,78)79)49(82-57)33-44(36(6)74)51(76)60-38-22-16-12-17-23-38/h11-12,14-17,20-23,26-34,41H,7-10,13,18-19,24-25H2,1-6H3,(H,59,75)(H,60,76)(H,77,78,79)(H2,61,62,64,65,66)/b43-32+,44-33-,69-67?,70-68?. The highest BCUT2D eigenvalue weighted by molar-refractivity contribution is 7.99. The van der Waals surface area contributed by atoms with Crippen LogP contribution in [0.2, 0.25) is 0 Å². The highest BCUT2D eigenvalue weighted by Gasteiger charge is 2.25. The Kier molecular flexibility index (Phi) is 20.8. The molecule has 1 aliphatic rings. The Balaban J connectivity index is 1.14. The number of hydrogen-bond donors (Lipinski definition) is 5. The molecule has 0 radical (unpaired) electrons. The van der Waals surface area contributed by atoms with Gasteiger partial charge in [-0.25, -0.2) is 9.97 Å². The second-order valence-corrected chi connectivity index (χ2v) is 23.2. The summed E-state index contributed by atoms with van der Waals surface area (Å²) in [5, 5.41) is 30.1. The molecular weight excluding hydrogens is 1130 g/mol. The maximum atomic E-state index is 13.3. The van der Waals surface area contributed by atoms with Crippen LogP contribution in [-0.2, 0) is 29.3 Å². The molecule has 26 heteroatoms. The van der Waals surface area contributed by atoms with Gasteiger partial charge in [0.25, 0.3) is 11.8 Å². The number of nitrogens with zero attached hydrogens (tertiary/aromatic N) is 11. The predicted molar refractivity (Wildman–Crippen MR) is 329 cm³/mol. The van der Waals surface area contributed by atoms with Crippen LogP contribution in [0.1, 0.15) is 83.4 Å². The van der Waals surface area contributed by atoms with E-state index in [1.54, 1.807) is 72.4 Å². The van der Waals surface area contributed by atoms with Gasteiger partial charge in [0.2, 0.25) is 27.2 Å². The summed E-state index contributed by atoms with van der Waals surface area (Å²) >= 11 is 3.41. The number of aromatic nitrogens is 5. The number of anilines is 8. The molecule has 430 valence electrons. The summed E-state index contributed by atoms with van der Waals surface area (Å²) in [7, 11) is -4.98. The summed E-state index contributed by atoms with van der Waals surface area (Å²) in [6.45, 7) is 13.5. The Morgan fingerprint density at radius 2 is 1.13 bits per heavy atom. The number of thiazole rings is 2. The molecule has 0 spiro atoms. The van der Waals surface area contributed by atoms with Crippen LogP contribution >= 0.6 is 34.4 Å². The number of hydrogen-bond acceptors (Lipinski definition) is 22. The average molecular weight is 1200 g/mol. The molecule has 8 rings (SSSR count). The van der Waals surface area contributed by atoms with Crippen LogP contribution < -0.4 is 31.1 Å². The molecule has 2 amide bonds. The Bertz CT molecular complexity index is 3710. The zero-order chi connectivity index (χ0) is 59.0. The number of Topliss-reactive ketones (excluding diaryl/α,β-unsaturated/α-hetero) is 2. The summed E-state index contributed by atoms with van der Waals surface area (Å²) in [6, 6.07) is 28.4. The number of carbonyl (C=O) groups excluding carboxylic acids is 4. The van der Waals surface area contributed by atoms with Gasteiger partial charge in [-0.05, 0) is 127 Å². The van der Waals surface area contributed by atoms with Crippen LogP contribution in [0.25, 0.3) is 12.2 Å². The maximum absolute atomic E-state index is 13.3. The maximum Gasteiger partial charge on any atom is 0.313 e. The minimum absolute atomic E-state index is 0.0475. The fraction of sp³-hybridized carbons (Fsp3) is 0.281. The third-order valence-electron chi connectivity index (χ3n) is 12.9. The van der Waals surface area contributed by atoms with E-state index in [1.165, 1.54) is 19.2 Å². The number of ketones is 2. The van der Waals surface area contributed by atoms with Crippen molar-refractivity contribution in [3.05, 3.63) is 124 Å². The summed E-state index contributed by atoms with van der Waals surface area (Å²) < 4.78 is 35.6. The first-order valence-corrected chi connectivity index (χ1v) is 30.7. The minimum atomic E-state index is -4.98. The molecule has 0 atom stereocenters. The van der Waals surface area contributed by atoms with Crippen molar-refractivity contribution in [2.45, 2.75) is 89.1 Å². The molecule has 1 fully saturated rings. The van der Waals surface area contributed by atoms with Crippen molar-refractivity contribution < 1.29 is 32.1 Å². The number of rotatable bonds is 25. The molecule has 3 aromatic heterocycles. The first-order valence-electron chi connectivity index (χ1n) is 26.7.